The van der Waals surface area contributed by atoms with Gasteiger partial charge in [-0.3, -0.25) is 9.59 Å². The Morgan fingerprint density at radius 2 is 1.85 bits per heavy atom. The van der Waals surface area contributed by atoms with Crippen molar-refractivity contribution in [3.63, 3.8) is 0 Å². The Labute approximate surface area is 155 Å². The standard InChI is InChI=1S/C22H15N3O2/c1-14(26)24-17-6-4-5-15(13-17)9-10-16-11-12-23-21-20(16)18-7-2-3-8-19(18)22(27)25-21/h2-8,11-13H,1H3,(H,24,26)(H,23,25,27). The quantitative estimate of drug-likeness (QED) is 0.407. The summed E-state index contributed by atoms with van der Waals surface area (Å²) in [7, 11) is 0. The van der Waals surface area contributed by atoms with Gasteiger partial charge >= 0.3 is 0 Å². The lowest BCUT2D eigenvalue weighted by molar-refractivity contribution is -0.114. The molecule has 130 valence electrons. The minimum Gasteiger partial charge on any atom is -0.326 e. The zero-order valence-electron chi connectivity index (χ0n) is 14.5. The SMILES string of the molecule is CC(=O)Nc1cccc(C#Cc2ccnc3[nH]c(=O)c4ccccc4c23)c1. The molecule has 5 heteroatoms. The van der Waals surface area contributed by atoms with Crippen LogP contribution in [0.15, 0.2) is 65.6 Å². The summed E-state index contributed by atoms with van der Waals surface area (Å²) >= 11 is 0. The van der Waals surface area contributed by atoms with Crippen molar-refractivity contribution in [2.24, 2.45) is 0 Å². The van der Waals surface area contributed by atoms with E-state index < -0.39 is 0 Å². The Balaban J connectivity index is 1.87. The van der Waals surface area contributed by atoms with E-state index in [2.05, 4.69) is 27.1 Å². The summed E-state index contributed by atoms with van der Waals surface area (Å²) in [6, 6.07) is 16.6. The summed E-state index contributed by atoms with van der Waals surface area (Å²) in [5.74, 6) is 6.17. The van der Waals surface area contributed by atoms with E-state index in [4.69, 9.17) is 0 Å². The summed E-state index contributed by atoms with van der Waals surface area (Å²) in [5.41, 5.74) is 2.59. The second-order valence-electron chi connectivity index (χ2n) is 6.09. The average Bonchev–Trinajstić information content (AvgIpc) is 2.66. The molecule has 0 aliphatic rings. The van der Waals surface area contributed by atoms with Crippen LogP contribution < -0.4 is 10.9 Å². The van der Waals surface area contributed by atoms with E-state index in [1.165, 1.54) is 6.92 Å². The molecule has 1 amide bonds. The molecule has 0 spiro atoms. The molecule has 0 atom stereocenters. The second kappa shape index (κ2) is 6.77. The van der Waals surface area contributed by atoms with E-state index in [1.54, 1.807) is 12.3 Å². The number of nitrogens with one attached hydrogen (secondary N) is 2. The van der Waals surface area contributed by atoms with Crippen molar-refractivity contribution in [1.82, 2.24) is 9.97 Å². The monoisotopic (exact) mass is 353 g/mol. The summed E-state index contributed by atoms with van der Waals surface area (Å²) in [6.45, 7) is 1.47. The number of carbonyl (C=O) groups is 1. The average molecular weight is 353 g/mol. The number of hydrogen-bond donors (Lipinski definition) is 2. The fraction of sp³-hybridized carbons (Fsp3) is 0.0455. The zero-order valence-corrected chi connectivity index (χ0v) is 14.5. The lowest BCUT2D eigenvalue weighted by Crippen LogP contribution is -2.07. The van der Waals surface area contributed by atoms with Gasteiger partial charge < -0.3 is 10.3 Å². The third-order valence-electron chi connectivity index (χ3n) is 4.15. The number of hydrogen-bond acceptors (Lipinski definition) is 3. The number of nitrogens with zero attached hydrogens (tertiary/aromatic N) is 1. The third kappa shape index (κ3) is 3.29. The van der Waals surface area contributed by atoms with Gasteiger partial charge in [-0.1, -0.05) is 36.1 Å². The number of carbonyl (C=O) groups excluding carboxylic acids is 1. The Hall–Kier alpha value is -3.91. The number of benzene rings is 2. The second-order valence-corrected chi connectivity index (χ2v) is 6.09. The lowest BCUT2D eigenvalue weighted by atomic mass is 10.0. The molecule has 0 aliphatic heterocycles. The summed E-state index contributed by atoms with van der Waals surface area (Å²) in [6.07, 6.45) is 1.63. The van der Waals surface area contributed by atoms with Gasteiger partial charge in [-0.15, -0.1) is 0 Å². The van der Waals surface area contributed by atoms with Crippen LogP contribution in [0.2, 0.25) is 0 Å². The lowest BCUT2D eigenvalue weighted by Gasteiger charge is -2.05. The Morgan fingerprint density at radius 3 is 2.67 bits per heavy atom. The number of pyridine rings is 2. The van der Waals surface area contributed by atoms with Crippen LogP contribution in [0.25, 0.3) is 21.8 Å². The summed E-state index contributed by atoms with van der Waals surface area (Å²) < 4.78 is 0. The molecule has 27 heavy (non-hydrogen) atoms. The normalized spacial score (nSPS) is 10.4. The van der Waals surface area contributed by atoms with Crippen LogP contribution in [-0.2, 0) is 4.79 Å². The first-order valence-electron chi connectivity index (χ1n) is 8.41. The van der Waals surface area contributed by atoms with Crippen molar-refractivity contribution >= 4 is 33.4 Å². The van der Waals surface area contributed by atoms with Crippen molar-refractivity contribution in [2.45, 2.75) is 6.92 Å². The number of amides is 1. The highest BCUT2D eigenvalue weighted by Gasteiger charge is 2.08. The minimum atomic E-state index is -0.168. The molecule has 0 radical (unpaired) electrons. The molecule has 4 rings (SSSR count). The highest BCUT2D eigenvalue weighted by Crippen LogP contribution is 2.23. The van der Waals surface area contributed by atoms with E-state index >= 15 is 0 Å². The highest BCUT2D eigenvalue weighted by molar-refractivity contribution is 6.06. The van der Waals surface area contributed by atoms with Crippen LogP contribution in [0.5, 0.6) is 0 Å². The van der Waals surface area contributed by atoms with Crippen molar-refractivity contribution < 1.29 is 4.79 Å². The Kier molecular flexibility index (Phi) is 4.15. The molecule has 2 N–H and O–H groups in total. The van der Waals surface area contributed by atoms with Crippen LogP contribution in [0.4, 0.5) is 5.69 Å². The molecule has 2 aromatic heterocycles. The molecule has 4 aromatic rings. The van der Waals surface area contributed by atoms with Crippen LogP contribution >= 0.6 is 0 Å². The van der Waals surface area contributed by atoms with Crippen LogP contribution in [-0.4, -0.2) is 15.9 Å². The van der Waals surface area contributed by atoms with Crippen LogP contribution in [0.3, 0.4) is 0 Å². The largest absolute Gasteiger partial charge is 0.326 e. The van der Waals surface area contributed by atoms with Gasteiger partial charge in [-0.05, 0) is 35.7 Å². The van der Waals surface area contributed by atoms with Gasteiger partial charge in [0.2, 0.25) is 5.91 Å². The number of aromatic nitrogens is 2. The van der Waals surface area contributed by atoms with Crippen LogP contribution in [0.1, 0.15) is 18.1 Å². The highest BCUT2D eigenvalue weighted by atomic mass is 16.1. The maximum Gasteiger partial charge on any atom is 0.257 e. The molecule has 2 aromatic carbocycles. The van der Waals surface area contributed by atoms with Crippen LogP contribution in [0, 0.1) is 11.8 Å². The van der Waals surface area contributed by atoms with Gasteiger partial charge in [0.1, 0.15) is 5.65 Å². The molecule has 0 unspecified atom stereocenters. The number of anilines is 1. The van der Waals surface area contributed by atoms with Crippen molar-refractivity contribution in [2.75, 3.05) is 5.32 Å². The van der Waals surface area contributed by atoms with E-state index in [-0.39, 0.29) is 11.5 Å². The summed E-state index contributed by atoms with van der Waals surface area (Å²) in [4.78, 5) is 30.6. The molecular formula is C22H15N3O2. The molecule has 0 bridgehead atoms. The molecule has 5 nitrogen and oxygen atoms in total. The first kappa shape index (κ1) is 16.6. The zero-order chi connectivity index (χ0) is 18.8. The van der Waals surface area contributed by atoms with E-state index in [0.29, 0.717) is 16.7 Å². The van der Waals surface area contributed by atoms with E-state index in [9.17, 15) is 9.59 Å². The predicted molar refractivity (Wildman–Crippen MR) is 107 cm³/mol. The maximum atomic E-state index is 12.2. The first-order chi connectivity index (χ1) is 13.1. The van der Waals surface area contributed by atoms with Crippen molar-refractivity contribution in [3.05, 3.63) is 82.3 Å². The van der Waals surface area contributed by atoms with Gasteiger partial charge in [0.15, 0.2) is 0 Å². The fourth-order valence-electron chi connectivity index (χ4n) is 3.02. The summed E-state index contributed by atoms with van der Waals surface area (Å²) in [5, 5.41) is 4.99. The smallest absolute Gasteiger partial charge is 0.257 e. The van der Waals surface area contributed by atoms with Gasteiger partial charge in [0, 0.05) is 40.7 Å². The number of rotatable bonds is 1. The Morgan fingerprint density at radius 1 is 1.04 bits per heavy atom. The molecule has 0 fully saturated rings. The van der Waals surface area contributed by atoms with Gasteiger partial charge in [0.25, 0.3) is 5.56 Å². The Bertz CT molecular complexity index is 1310. The molecular weight excluding hydrogens is 338 g/mol. The first-order valence-corrected chi connectivity index (χ1v) is 8.41. The molecule has 0 saturated heterocycles. The number of fused-ring (bicyclic) bond motifs is 3. The predicted octanol–water partition coefficient (Wildman–Crippen LogP) is 3.43. The van der Waals surface area contributed by atoms with Crippen molar-refractivity contribution in [3.8, 4) is 11.8 Å². The molecule has 0 saturated carbocycles. The minimum absolute atomic E-state index is 0.129. The van der Waals surface area contributed by atoms with Gasteiger partial charge in [0.05, 0.1) is 0 Å². The maximum absolute atomic E-state index is 12.2. The fourth-order valence-corrected chi connectivity index (χ4v) is 3.02. The molecule has 0 aliphatic carbocycles. The molecule has 2 heterocycles. The number of H-pyrrole nitrogens is 1. The van der Waals surface area contributed by atoms with E-state index in [1.807, 2.05) is 48.5 Å². The number of aromatic amines is 1. The van der Waals surface area contributed by atoms with Crippen molar-refractivity contribution in [1.29, 1.82) is 0 Å². The van der Waals surface area contributed by atoms with Gasteiger partial charge in [-0.2, -0.15) is 0 Å². The third-order valence-corrected chi connectivity index (χ3v) is 4.15. The topological polar surface area (TPSA) is 74.8 Å². The van der Waals surface area contributed by atoms with Gasteiger partial charge in [-0.25, -0.2) is 4.98 Å². The van der Waals surface area contributed by atoms with E-state index in [0.717, 1.165) is 21.9 Å².